The molecule has 2 aromatic rings. The van der Waals surface area contributed by atoms with E-state index >= 15 is 0 Å². The predicted octanol–water partition coefficient (Wildman–Crippen LogP) is 3.74. The highest BCUT2D eigenvalue weighted by Crippen LogP contribution is 2.38. The number of amides is 2. The van der Waals surface area contributed by atoms with Crippen molar-refractivity contribution in [3.8, 4) is 0 Å². The summed E-state index contributed by atoms with van der Waals surface area (Å²) in [7, 11) is 0. The van der Waals surface area contributed by atoms with E-state index < -0.39 is 5.41 Å². The lowest BCUT2D eigenvalue weighted by molar-refractivity contribution is -0.126. The van der Waals surface area contributed by atoms with Crippen molar-refractivity contribution in [1.29, 1.82) is 0 Å². The second kappa shape index (κ2) is 8.46. The maximum absolute atomic E-state index is 13.1. The molecule has 5 heteroatoms. The number of nitrogen functional groups attached to an aromatic ring is 1. The SMILES string of the molecule is Cc1ccc(NC(=O)C2(CNC(=O)Cc3ccc(N)cc3)CCCC2)cc1C. The summed E-state index contributed by atoms with van der Waals surface area (Å²) in [4.78, 5) is 25.5. The van der Waals surface area contributed by atoms with Gasteiger partial charge in [0.1, 0.15) is 0 Å². The van der Waals surface area contributed by atoms with Gasteiger partial charge in [-0.15, -0.1) is 0 Å². The van der Waals surface area contributed by atoms with Crippen LogP contribution in [0.3, 0.4) is 0 Å². The minimum Gasteiger partial charge on any atom is -0.399 e. The van der Waals surface area contributed by atoms with Crippen LogP contribution in [0.2, 0.25) is 0 Å². The van der Waals surface area contributed by atoms with Gasteiger partial charge >= 0.3 is 0 Å². The summed E-state index contributed by atoms with van der Waals surface area (Å²) in [6.07, 6.45) is 3.90. The summed E-state index contributed by atoms with van der Waals surface area (Å²) < 4.78 is 0. The number of anilines is 2. The Hall–Kier alpha value is -2.82. The number of nitrogens with one attached hydrogen (secondary N) is 2. The first-order valence-corrected chi connectivity index (χ1v) is 9.88. The summed E-state index contributed by atoms with van der Waals surface area (Å²) in [5, 5.41) is 6.05. The van der Waals surface area contributed by atoms with Gasteiger partial charge in [0, 0.05) is 17.9 Å². The van der Waals surface area contributed by atoms with Crippen molar-refractivity contribution in [2.24, 2.45) is 5.41 Å². The van der Waals surface area contributed by atoms with E-state index in [9.17, 15) is 9.59 Å². The van der Waals surface area contributed by atoms with Crippen molar-refractivity contribution in [3.05, 3.63) is 59.2 Å². The average molecular weight is 380 g/mol. The molecule has 4 N–H and O–H groups in total. The van der Waals surface area contributed by atoms with Crippen molar-refractivity contribution in [3.63, 3.8) is 0 Å². The third kappa shape index (κ3) is 4.71. The number of benzene rings is 2. The zero-order valence-corrected chi connectivity index (χ0v) is 16.7. The van der Waals surface area contributed by atoms with Gasteiger partial charge in [0.25, 0.3) is 0 Å². The quantitative estimate of drug-likeness (QED) is 0.669. The summed E-state index contributed by atoms with van der Waals surface area (Å²) >= 11 is 0. The fourth-order valence-corrected chi connectivity index (χ4v) is 3.77. The molecule has 3 rings (SSSR count). The van der Waals surface area contributed by atoms with Crippen LogP contribution in [0.4, 0.5) is 11.4 Å². The van der Waals surface area contributed by atoms with Crippen molar-refractivity contribution in [2.75, 3.05) is 17.6 Å². The molecule has 148 valence electrons. The topological polar surface area (TPSA) is 84.2 Å². The van der Waals surface area contributed by atoms with E-state index in [-0.39, 0.29) is 18.2 Å². The third-order valence-corrected chi connectivity index (χ3v) is 5.78. The number of carbonyl (C=O) groups is 2. The first-order chi connectivity index (χ1) is 13.4. The van der Waals surface area contributed by atoms with Gasteiger partial charge in [-0.1, -0.05) is 31.0 Å². The molecule has 1 aliphatic rings. The Balaban J connectivity index is 1.62. The fourth-order valence-electron chi connectivity index (χ4n) is 3.77. The number of hydrogen-bond donors (Lipinski definition) is 3. The molecule has 1 fully saturated rings. The Morgan fingerprint density at radius 3 is 2.32 bits per heavy atom. The first kappa shape index (κ1) is 19.9. The van der Waals surface area contributed by atoms with Crippen molar-refractivity contribution >= 4 is 23.2 Å². The molecule has 0 bridgehead atoms. The Kier molecular flexibility index (Phi) is 6.02. The predicted molar refractivity (Wildman–Crippen MR) is 113 cm³/mol. The minimum atomic E-state index is -0.532. The monoisotopic (exact) mass is 379 g/mol. The molecule has 28 heavy (non-hydrogen) atoms. The Morgan fingerprint density at radius 2 is 1.68 bits per heavy atom. The molecule has 0 aromatic heterocycles. The highest BCUT2D eigenvalue weighted by molar-refractivity contribution is 5.96. The number of carbonyl (C=O) groups excluding carboxylic acids is 2. The van der Waals surface area contributed by atoms with E-state index in [1.54, 1.807) is 12.1 Å². The third-order valence-electron chi connectivity index (χ3n) is 5.78. The maximum Gasteiger partial charge on any atom is 0.232 e. The molecular weight excluding hydrogens is 350 g/mol. The average Bonchev–Trinajstić information content (AvgIpc) is 3.15. The molecule has 5 nitrogen and oxygen atoms in total. The molecule has 0 heterocycles. The van der Waals surface area contributed by atoms with Crippen LogP contribution in [0.15, 0.2) is 42.5 Å². The lowest BCUT2D eigenvalue weighted by Gasteiger charge is -2.28. The van der Waals surface area contributed by atoms with E-state index in [1.165, 1.54) is 5.56 Å². The standard InChI is InChI=1S/C23H29N3O2/c1-16-5-10-20(13-17(16)2)26-22(28)23(11-3-4-12-23)15-25-21(27)14-18-6-8-19(24)9-7-18/h5-10,13H,3-4,11-12,14-15,24H2,1-2H3,(H,25,27)(H,26,28). The molecule has 0 unspecified atom stereocenters. The number of hydrogen-bond acceptors (Lipinski definition) is 3. The van der Waals surface area contributed by atoms with E-state index in [2.05, 4.69) is 17.6 Å². The molecule has 1 aliphatic carbocycles. The zero-order valence-electron chi connectivity index (χ0n) is 16.7. The van der Waals surface area contributed by atoms with Gasteiger partial charge in [-0.3, -0.25) is 9.59 Å². The van der Waals surface area contributed by atoms with E-state index in [1.807, 2.05) is 37.3 Å². The van der Waals surface area contributed by atoms with Crippen LogP contribution in [0.25, 0.3) is 0 Å². The number of rotatable bonds is 6. The summed E-state index contributed by atoms with van der Waals surface area (Å²) in [5.74, 6) is -0.0731. The lowest BCUT2D eigenvalue weighted by atomic mass is 9.84. The Morgan fingerprint density at radius 1 is 1.00 bits per heavy atom. The first-order valence-electron chi connectivity index (χ1n) is 9.88. The molecule has 0 radical (unpaired) electrons. The van der Waals surface area contributed by atoms with Crippen LogP contribution in [0.1, 0.15) is 42.4 Å². The largest absolute Gasteiger partial charge is 0.399 e. The van der Waals surface area contributed by atoms with Gasteiger partial charge in [0.05, 0.1) is 11.8 Å². The van der Waals surface area contributed by atoms with Gasteiger partial charge in [0.15, 0.2) is 0 Å². The molecular formula is C23H29N3O2. The van der Waals surface area contributed by atoms with Crippen LogP contribution < -0.4 is 16.4 Å². The van der Waals surface area contributed by atoms with Crippen molar-refractivity contribution in [1.82, 2.24) is 5.32 Å². The summed E-state index contributed by atoms with van der Waals surface area (Å²) in [6.45, 7) is 4.46. The van der Waals surface area contributed by atoms with Gasteiger partial charge < -0.3 is 16.4 Å². The van der Waals surface area contributed by atoms with E-state index in [0.29, 0.717) is 12.2 Å². The van der Waals surface area contributed by atoms with Gasteiger partial charge in [-0.2, -0.15) is 0 Å². The van der Waals surface area contributed by atoms with Crippen LogP contribution in [-0.2, 0) is 16.0 Å². The van der Waals surface area contributed by atoms with Gasteiger partial charge in [-0.05, 0) is 67.6 Å². The normalized spacial score (nSPS) is 15.2. The summed E-state index contributed by atoms with van der Waals surface area (Å²) in [6, 6.07) is 13.2. The molecule has 0 saturated heterocycles. The van der Waals surface area contributed by atoms with E-state index in [0.717, 1.165) is 42.5 Å². The highest BCUT2D eigenvalue weighted by atomic mass is 16.2. The lowest BCUT2D eigenvalue weighted by Crippen LogP contribution is -2.44. The number of nitrogens with two attached hydrogens (primary N) is 1. The smallest absolute Gasteiger partial charge is 0.232 e. The molecule has 0 spiro atoms. The van der Waals surface area contributed by atoms with Crippen LogP contribution in [0.5, 0.6) is 0 Å². The number of aryl methyl sites for hydroxylation is 2. The van der Waals surface area contributed by atoms with Gasteiger partial charge in [-0.25, -0.2) is 0 Å². The molecule has 2 amide bonds. The Bertz CT molecular complexity index is 853. The van der Waals surface area contributed by atoms with E-state index in [4.69, 9.17) is 5.73 Å². The second-order valence-electron chi connectivity index (χ2n) is 7.94. The molecule has 0 atom stereocenters. The minimum absolute atomic E-state index is 0.000961. The van der Waals surface area contributed by atoms with Gasteiger partial charge in [0.2, 0.25) is 11.8 Å². The molecule has 2 aromatic carbocycles. The van der Waals surface area contributed by atoms with Crippen LogP contribution in [0, 0.1) is 19.3 Å². The Labute approximate surface area is 166 Å². The zero-order chi connectivity index (χ0) is 20.1. The fraction of sp³-hybridized carbons (Fsp3) is 0.391. The summed E-state index contributed by atoms with van der Waals surface area (Å²) in [5.41, 5.74) is 9.90. The van der Waals surface area contributed by atoms with Crippen molar-refractivity contribution < 1.29 is 9.59 Å². The second-order valence-corrected chi connectivity index (χ2v) is 7.94. The van der Waals surface area contributed by atoms with Crippen molar-refractivity contribution in [2.45, 2.75) is 46.0 Å². The maximum atomic E-state index is 13.1. The highest BCUT2D eigenvalue weighted by Gasteiger charge is 2.41. The molecule has 0 aliphatic heterocycles. The van der Waals surface area contributed by atoms with Crippen LogP contribution >= 0.6 is 0 Å². The van der Waals surface area contributed by atoms with Crippen LogP contribution in [-0.4, -0.2) is 18.4 Å². The molecule has 1 saturated carbocycles.